The number of hydrogen-bond acceptors (Lipinski definition) is 3. The van der Waals surface area contributed by atoms with Crippen LogP contribution in [-0.4, -0.2) is 30.6 Å². The summed E-state index contributed by atoms with van der Waals surface area (Å²) < 4.78 is 4.83. The molecule has 3 heteroatoms. The quantitative estimate of drug-likeness (QED) is 0.786. The standard InChI is InChI=1S/C18H21NO2/c1-13(19(17-9-10-17)12-18(20)21-2)15-8-7-14-5-3-4-6-16(14)11-15/h3-8,11,13,17H,9-10,12H2,1-2H3. The fourth-order valence-corrected chi connectivity index (χ4v) is 2.86. The Labute approximate surface area is 125 Å². The number of carbonyl (C=O) groups is 1. The van der Waals surface area contributed by atoms with Crippen LogP contribution in [0.2, 0.25) is 0 Å². The third-order valence-corrected chi connectivity index (χ3v) is 4.31. The van der Waals surface area contributed by atoms with Crippen LogP contribution in [0.4, 0.5) is 0 Å². The van der Waals surface area contributed by atoms with Crippen LogP contribution in [0.25, 0.3) is 10.8 Å². The molecule has 3 nitrogen and oxygen atoms in total. The summed E-state index contributed by atoms with van der Waals surface area (Å²) in [6, 6.07) is 15.7. The van der Waals surface area contributed by atoms with E-state index < -0.39 is 0 Å². The second kappa shape index (κ2) is 5.86. The molecular formula is C18H21NO2. The molecule has 0 aromatic heterocycles. The lowest BCUT2D eigenvalue weighted by Crippen LogP contribution is -2.34. The fraction of sp³-hybridized carbons (Fsp3) is 0.389. The number of ether oxygens (including phenoxy) is 1. The summed E-state index contributed by atoms with van der Waals surface area (Å²) in [5.74, 6) is -0.158. The van der Waals surface area contributed by atoms with Gasteiger partial charge in [-0.15, -0.1) is 0 Å². The number of carbonyl (C=O) groups excluding carboxylic acids is 1. The number of fused-ring (bicyclic) bond motifs is 1. The first kappa shape index (κ1) is 14.1. The maximum atomic E-state index is 11.6. The molecule has 1 fully saturated rings. The fourth-order valence-electron chi connectivity index (χ4n) is 2.86. The number of benzene rings is 2. The van der Waals surface area contributed by atoms with Gasteiger partial charge in [0.25, 0.3) is 0 Å². The molecule has 21 heavy (non-hydrogen) atoms. The molecule has 1 aliphatic carbocycles. The zero-order chi connectivity index (χ0) is 14.8. The van der Waals surface area contributed by atoms with Gasteiger partial charge in [0.15, 0.2) is 0 Å². The zero-order valence-corrected chi connectivity index (χ0v) is 12.6. The van der Waals surface area contributed by atoms with Crippen LogP contribution in [0.15, 0.2) is 42.5 Å². The normalized spacial score (nSPS) is 16.1. The smallest absolute Gasteiger partial charge is 0.319 e. The summed E-state index contributed by atoms with van der Waals surface area (Å²) in [4.78, 5) is 13.9. The Morgan fingerprint density at radius 2 is 1.95 bits per heavy atom. The van der Waals surface area contributed by atoms with Crippen molar-refractivity contribution in [3.05, 3.63) is 48.0 Å². The lowest BCUT2D eigenvalue weighted by molar-refractivity contribution is -0.142. The second-order valence-electron chi connectivity index (χ2n) is 5.76. The number of esters is 1. The molecule has 0 amide bonds. The van der Waals surface area contributed by atoms with Crippen molar-refractivity contribution in [2.24, 2.45) is 0 Å². The molecule has 3 rings (SSSR count). The van der Waals surface area contributed by atoms with Gasteiger partial charge in [-0.25, -0.2) is 0 Å². The third kappa shape index (κ3) is 3.08. The van der Waals surface area contributed by atoms with Crippen molar-refractivity contribution < 1.29 is 9.53 Å². The highest BCUT2D eigenvalue weighted by Gasteiger charge is 2.34. The first-order valence-electron chi connectivity index (χ1n) is 7.50. The molecule has 1 saturated carbocycles. The average Bonchev–Trinajstić information content (AvgIpc) is 3.36. The minimum Gasteiger partial charge on any atom is -0.468 e. The van der Waals surface area contributed by atoms with Crippen LogP contribution >= 0.6 is 0 Å². The van der Waals surface area contributed by atoms with E-state index in [1.165, 1.54) is 36.3 Å². The van der Waals surface area contributed by atoms with Gasteiger partial charge in [-0.1, -0.05) is 36.4 Å². The highest BCUT2D eigenvalue weighted by Crippen LogP contribution is 2.34. The molecule has 0 radical (unpaired) electrons. The van der Waals surface area contributed by atoms with Gasteiger partial charge in [-0.3, -0.25) is 9.69 Å². The largest absolute Gasteiger partial charge is 0.468 e. The number of nitrogens with zero attached hydrogens (tertiary/aromatic N) is 1. The summed E-state index contributed by atoms with van der Waals surface area (Å²) in [5, 5.41) is 2.50. The Kier molecular flexibility index (Phi) is 3.93. The molecule has 2 aromatic carbocycles. The molecule has 0 heterocycles. The van der Waals surface area contributed by atoms with E-state index in [1.54, 1.807) is 0 Å². The maximum absolute atomic E-state index is 11.6. The molecule has 1 atom stereocenters. The molecule has 0 spiro atoms. The van der Waals surface area contributed by atoms with Gasteiger partial charge in [0.1, 0.15) is 0 Å². The molecule has 2 aromatic rings. The highest BCUT2D eigenvalue weighted by molar-refractivity contribution is 5.83. The van der Waals surface area contributed by atoms with Gasteiger partial charge in [-0.2, -0.15) is 0 Å². The topological polar surface area (TPSA) is 29.5 Å². The minimum absolute atomic E-state index is 0.158. The van der Waals surface area contributed by atoms with Crippen molar-refractivity contribution in [2.75, 3.05) is 13.7 Å². The lowest BCUT2D eigenvalue weighted by atomic mass is 10.0. The van der Waals surface area contributed by atoms with Crippen molar-refractivity contribution >= 4 is 16.7 Å². The molecule has 0 N–H and O–H groups in total. The Balaban J connectivity index is 1.86. The summed E-state index contributed by atoms with van der Waals surface area (Å²) in [5.41, 5.74) is 1.25. The Morgan fingerprint density at radius 1 is 1.24 bits per heavy atom. The number of methoxy groups -OCH3 is 1. The van der Waals surface area contributed by atoms with Crippen molar-refractivity contribution in [1.29, 1.82) is 0 Å². The molecule has 1 aliphatic rings. The molecule has 0 saturated heterocycles. The van der Waals surface area contributed by atoms with Crippen molar-refractivity contribution in [2.45, 2.75) is 31.8 Å². The van der Waals surface area contributed by atoms with Crippen molar-refractivity contribution in [3.8, 4) is 0 Å². The van der Waals surface area contributed by atoms with Crippen LogP contribution < -0.4 is 0 Å². The van der Waals surface area contributed by atoms with E-state index >= 15 is 0 Å². The minimum atomic E-state index is -0.158. The maximum Gasteiger partial charge on any atom is 0.319 e. The molecular weight excluding hydrogens is 262 g/mol. The highest BCUT2D eigenvalue weighted by atomic mass is 16.5. The monoisotopic (exact) mass is 283 g/mol. The van der Waals surface area contributed by atoms with E-state index in [0.29, 0.717) is 12.6 Å². The van der Waals surface area contributed by atoms with E-state index in [9.17, 15) is 4.79 Å². The third-order valence-electron chi connectivity index (χ3n) is 4.31. The summed E-state index contributed by atoms with van der Waals surface area (Å²) in [7, 11) is 1.45. The first-order chi connectivity index (χ1) is 10.2. The van der Waals surface area contributed by atoms with Crippen LogP contribution in [0, 0.1) is 0 Å². The van der Waals surface area contributed by atoms with E-state index in [0.717, 1.165) is 0 Å². The lowest BCUT2D eigenvalue weighted by Gasteiger charge is -2.28. The molecule has 0 aliphatic heterocycles. The van der Waals surface area contributed by atoms with E-state index in [-0.39, 0.29) is 12.0 Å². The number of rotatable bonds is 5. The van der Waals surface area contributed by atoms with Crippen molar-refractivity contribution in [3.63, 3.8) is 0 Å². The van der Waals surface area contributed by atoms with Crippen molar-refractivity contribution in [1.82, 2.24) is 4.90 Å². The van der Waals surface area contributed by atoms with Crippen LogP contribution in [-0.2, 0) is 9.53 Å². The summed E-state index contributed by atoms with van der Waals surface area (Å²) >= 11 is 0. The Morgan fingerprint density at radius 3 is 2.62 bits per heavy atom. The van der Waals surface area contributed by atoms with Gasteiger partial charge in [0, 0.05) is 12.1 Å². The molecule has 1 unspecified atom stereocenters. The van der Waals surface area contributed by atoms with E-state index in [2.05, 4.69) is 54.3 Å². The van der Waals surface area contributed by atoms with E-state index in [1.807, 2.05) is 0 Å². The Bertz CT molecular complexity index is 648. The van der Waals surface area contributed by atoms with Gasteiger partial charge in [-0.05, 0) is 42.2 Å². The predicted molar refractivity (Wildman–Crippen MR) is 84.1 cm³/mol. The average molecular weight is 283 g/mol. The van der Waals surface area contributed by atoms with Gasteiger partial charge >= 0.3 is 5.97 Å². The Hall–Kier alpha value is -1.87. The SMILES string of the molecule is COC(=O)CN(C1CC1)C(C)c1ccc2ccccc2c1. The van der Waals surface area contributed by atoms with Crippen LogP contribution in [0.1, 0.15) is 31.4 Å². The van der Waals surface area contributed by atoms with Gasteiger partial charge < -0.3 is 4.74 Å². The van der Waals surface area contributed by atoms with Crippen LogP contribution in [0.3, 0.4) is 0 Å². The zero-order valence-electron chi connectivity index (χ0n) is 12.6. The predicted octanol–water partition coefficient (Wildman–Crippen LogP) is 3.54. The number of hydrogen-bond donors (Lipinski definition) is 0. The molecule has 110 valence electrons. The van der Waals surface area contributed by atoms with Gasteiger partial charge in [0.2, 0.25) is 0 Å². The van der Waals surface area contributed by atoms with Crippen LogP contribution in [0.5, 0.6) is 0 Å². The second-order valence-corrected chi connectivity index (χ2v) is 5.76. The first-order valence-corrected chi connectivity index (χ1v) is 7.50. The van der Waals surface area contributed by atoms with Gasteiger partial charge in [0.05, 0.1) is 13.7 Å². The summed E-state index contributed by atoms with van der Waals surface area (Å²) in [6.07, 6.45) is 2.35. The van der Waals surface area contributed by atoms with E-state index in [4.69, 9.17) is 4.74 Å². The summed E-state index contributed by atoms with van der Waals surface area (Å²) in [6.45, 7) is 2.54. The molecule has 0 bridgehead atoms.